The number of halogens is 1. The van der Waals surface area contributed by atoms with Gasteiger partial charge in [0.25, 0.3) is 10.1 Å². The van der Waals surface area contributed by atoms with Crippen LogP contribution in [0.5, 0.6) is 0 Å². The molecule has 1 N–H and O–H groups in total. The lowest BCUT2D eigenvalue weighted by Gasteiger charge is -1.84. The molecule has 0 saturated heterocycles. The Bertz CT molecular complexity index is 141. The molecule has 0 rings (SSSR count). The average molecular weight is 203 g/mol. The third-order valence-electron chi connectivity index (χ3n) is 0.737. The lowest BCUT2D eigenvalue weighted by Crippen LogP contribution is -1.88. The van der Waals surface area contributed by atoms with Crippen LogP contribution < -0.4 is 0 Å². The van der Waals surface area contributed by atoms with Gasteiger partial charge in [-0.1, -0.05) is 19.8 Å². The van der Waals surface area contributed by atoms with Gasteiger partial charge in [-0.05, 0) is 6.42 Å². The number of hydrogen-bond acceptors (Lipinski definition) is 2. The van der Waals surface area contributed by atoms with Crippen LogP contribution in [0.3, 0.4) is 0 Å². The van der Waals surface area contributed by atoms with E-state index in [1.165, 1.54) is 19.3 Å². The van der Waals surface area contributed by atoms with E-state index in [2.05, 4.69) is 6.92 Å². The van der Waals surface area contributed by atoms with Crippen LogP contribution in [0.1, 0.15) is 26.2 Å². The molecule has 70 valence electrons. The van der Waals surface area contributed by atoms with E-state index in [0.717, 1.165) is 5.88 Å². The minimum Gasteiger partial charge on any atom is -0.286 e. The second-order valence-electron chi connectivity index (χ2n) is 2.13. The second-order valence-corrected chi connectivity index (χ2v) is 3.97. The fraction of sp³-hybridized carbons (Fsp3) is 1.00. The van der Waals surface area contributed by atoms with E-state index in [1.807, 2.05) is 0 Å². The molecule has 0 spiro atoms. The Labute approximate surface area is 73.5 Å². The summed E-state index contributed by atoms with van der Waals surface area (Å²) in [6.45, 7) is 2.17. The van der Waals surface area contributed by atoms with Crippen molar-refractivity contribution in [3.63, 3.8) is 0 Å². The van der Waals surface area contributed by atoms with Gasteiger partial charge in [0, 0.05) is 5.88 Å². The lowest BCUT2D eigenvalue weighted by atomic mass is 10.3. The molecule has 3 nitrogen and oxygen atoms in total. The molecular weight excluding hydrogens is 188 g/mol. The number of hydrogen-bond donors (Lipinski definition) is 1. The van der Waals surface area contributed by atoms with Gasteiger partial charge in [0.05, 0.1) is 6.26 Å². The van der Waals surface area contributed by atoms with Crippen LogP contribution in [-0.2, 0) is 10.1 Å². The zero-order valence-corrected chi connectivity index (χ0v) is 8.45. The van der Waals surface area contributed by atoms with Crippen molar-refractivity contribution in [2.75, 3.05) is 12.1 Å². The maximum Gasteiger partial charge on any atom is 0.261 e. The highest BCUT2D eigenvalue weighted by molar-refractivity contribution is 7.85. The largest absolute Gasteiger partial charge is 0.286 e. The van der Waals surface area contributed by atoms with E-state index < -0.39 is 10.1 Å². The van der Waals surface area contributed by atoms with Gasteiger partial charge in [0.2, 0.25) is 0 Å². The molecule has 0 aliphatic rings. The Balaban J connectivity index is 0. The molecule has 5 heteroatoms. The summed E-state index contributed by atoms with van der Waals surface area (Å²) < 4.78 is 25.9. The van der Waals surface area contributed by atoms with E-state index in [4.69, 9.17) is 16.2 Å². The molecule has 0 saturated carbocycles. The molecule has 0 atom stereocenters. The molecule has 0 aliphatic carbocycles. The summed E-state index contributed by atoms with van der Waals surface area (Å²) in [6.07, 6.45) is 4.45. The summed E-state index contributed by atoms with van der Waals surface area (Å²) in [4.78, 5) is 0. The van der Waals surface area contributed by atoms with Crippen LogP contribution in [0.4, 0.5) is 0 Å². The van der Waals surface area contributed by atoms with Gasteiger partial charge in [-0.3, -0.25) is 4.55 Å². The molecule has 0 aromatic heterocycles. The van der Waals surface area contributed by atoms with Crippen LogP contribution in [-0.4, -0.2) is 25.1 Å². The third kappa shape index (κ3) is 67.0. The van der Waals surface area contributed by atoms with Crippen molar-refractivity contribution in [1.29, 1.82) is 0 Å². The number of alkyl halides is 1. The molecule has 0 unspecified atom stereocenters. The number of rotatable bonds is 3. The number of unbranched alkanes of at least 4 members (excludes halogenated alkanes) is 2. The molecule has 0 aromatic carbocycles. The van der Waals surface area contributed by atoms with Crippen molar-refractivity contribution in [2.24, 2.45) is 0 Å². The molecule has 11 heavy (non-hydrogen) atoms. The monoisotopic (exact) mass is 202 g/mol. The molecule has 0 radical (unpaired) electrons. The Morgan fingerprint density at radius 3 is 1.82 bits per heavy atom. The maximum atomic E-state index is 9.19. The first kappa shape index (κ1) is 13.8. The van der Waals surface area contributed by atoms with Crippen LogP contribution in [0.15, 0.2) is 0 Å². The van der Waals surface area contributed by atoms with Crippen molar-refractivity contribution in [3.05, 3.63) is 0 Å². The zero-order chi connectivity index (χ0) is 9.33. The highest BCUT2D eigenvalue weighted by atomic mass is 35.5. The van der Waals surface area contributed by atoms with Gasteiger partial charge in [-0.25, -0.2) is 0 Å². The van der Waals surface area contributed by atoms with Crippen LogP contribution in [0.2, 0.25) is 0 Å². The van der Waals surface area contributed by atoms with Gasteiger partial charge < -0.3 is 0 Å². The first-order valence-electron chi connectivity index (χ1n) is 3.40. The summed E-state index contributed by atoms with van der Waals surface area (Å²) in [5.74, 6) is 0.827. The van der Waals surface area contributed by atoms with E-state index in [1.54, 1.807) is 0 Å². The van der Waals surface area contributed by atoms with Gasteiger partial charge in [0.1, 0.15) is 0 Å². The Hall–Kier alpha value is 0.200. The fourth-order valence-corrected chi connectivity index (χ4v) is 0.533. The predicted octanol–water partition coefficient (Wildman–Crippen LogP) is 1.92. The summed E-state index contributed by atoms with van der Waals surface area (Å²) in [7, 11) is -3.67. The lowest BCUT2D eigenvalue weighted by molar-refractivity contribution is 0.490. The molecular formula is C6H15ClO3S. The van der Waals surface area contributed by atoms with Crippen molar-refractivity contribution in [3.8, 4) is 0 Å². The quantitative estimate of drug-likeness (QED) is 0.432. The maximum absolute atomic E-state index is 9.19. The third-order valence-corrected chi connectivity index (χ3v) is 1.00. The highest BCUT2D eigenvalue weighted by Crippen LogP contribution is 1.93. The summed E-state index contributed by atoms with van der Waals surface area (Å²) >= 11 is 5.38. The summed E-state index contributed by atoms with van der Waals surface area (Å²) in [5.41, 5.74) is 0. The average Bonchev–Trinajstić information content (AvgIpc) is 1.79. The van der Waals surface area contributed by atoms with E-state index in [-0.39, 0.29) is 0 Å². The van der Waals surface area contributed by atoms with E-state index in [0.29, 0.717) is 6.26 Å². The second kappa shape index (κ2) is 8.30. The zero-order valence-electron chi connectivity index (χ0n) is 6.88. The summed E-state index contributed by atoms with van der Waals surface area (Å²) in [5, 5.41) is 0. The summed E-state index contributed by atoms with van der Waals surface area (Å²) in [6, 6.07) is 0. The van der Waals surface area contributed by atoms with Gasteiger partial charge in [0.15, 0.2) is 0 Å². The topological polar surface area (TPSA) is 54.4 Å². The van der Waals surface area contributed by atoms with Gasteiger partial charge >= 0.3 is 0 Å². The smallest absolute Gasteiger partial charge is 0.261 e. The molecule has 0 amide bonds. The van der Waals surface area contributed by atoms with Crippen molar-refractivity contribution in [1.82, 2.24) is 0 Å². The fourth-order valence-electron chi connectivity index (χ4n) is 0.344. The molecule has 0 aromatic rings. The van der Waals surface area contributed by atoms with Crippen LogP contribution in [0.25, 0.3) is 0 Å². The minimum atomic E-state index is -3.67. The highest BCUT2D eigenvalue weighted by Gasteiger charge is 1.81. The Kier molecular flexibility index (Phi) is 10.4. The molecule has 0 aliphatic heterocycles. The first-order chi connectivity index (χ1) is 4.91. The molecule has 0 bridgehead atoms. The van der Waals surface area contributed by atoms with Crippen molar-refractivity contribution < 1.29 is 13.0 Å². The Morgan fingerprint density at radius 1 is 1.36 bits per heavy atom. The normalized spacial score (nSPS) is 10.2. The van der Waals surface area contributed by atoms with Crippen LogP contribution >= 0.6 is 11.6 Å². The van der Waals surface area contributed by atoms with Gasteiger partial charge in [-0.2, -0.15) is 8.42 Å². The minimum absolute atomic E-state index is 0.715. The predicted molar refractivity (Wildman–Crippen MR) is 47.7 cm³/mol. The SMILES string of the molecule is CCCCCCl.CS(=O)(=O)O. The van der Waals surface area contributed by atoms with Crippen molar-refractivity contribution in [2.45, 2.75) is 26.2 Å². The molecule has 0 heterocycles. The van der Waals surface area contributed by atoms with E-state index >= 15 is 0 Å². The standard InChI is InChI=1S/C5H11Cl.CH4O3S/c1-2-3-4-5-6;1-5(2,3)4/h2-5H2,1H3;1H3,(H,2,3,4). The molecule has 0 fully saturated rings. The van der Waals surface area contributed by atoms with Crippen molar-refractivity contribution >= 4 is 21.7 Å². The van der Waals surface area contributed by atoms with E-state index in [9.17, 15) is 8.42 Å². The van der Waals surface area contributed by atoms with Crippen LogP contribution in [0, 0.1) is 0 Å². The Morgan fingerprint density at radius 2 is 1.73 bits per heavy atom. The first-order valence-corrected chi connectivity index (χ1v) is 5.78. The van der Waals surface area contributed by atoms with Gasteiger partial charge in [-0.15, -0.1) is 11.6 Å².